The number of carbonyl (C=O) groups excluding carboxylic acids is 1. The van der Waals surface area contributed by atoms with Crippen LogP contribution in [0.3, 0.4) is 0 Å². The van der Waals surface area contributed by atoms with Gasteiger partial charge in [0.1, 0.15) is 11.4 Å². The number of ether oxygens (including phenoxy) is 2. The minimum atomic E-state index is -0.466. The van der Waals surface area contributed by atoms with E-state index in [0.29, 0.717) is 11.7 Å². The Morgan fingerprint density at radius 3 is 2.38 bits per heavy atom. The van der Waals surface area contributed by atoms with Crippen LogP contribution in [0, 0.1) is 0 Å². The van der Waals surface area contributed by atoms with Gasteiger partial charge in [-0.1, -0.05) is 0 Å². The normalized spacial score (nSPS) is 21.0. The summed E-state index contributed by atoms with van der Waals surface area (Å²) in [6.45, 7) is 5.60. The molecule has 1 fully saturated rings. The van der Waals surface area contributed by atoms with E-state index in [-0.39, 0.29) is 12.1 Å². The molecule has 0 bridgehead atoms. The van der Waals surface area contributed by atoms with Crippen LogP contribution >= 0.6 is 0 Å². The SMILES string of the molecule is COc1ccc(N)c(NC2CCC(NC(=O)OC(C)(C)C)CC2)c1. The van der Waals surface area contributed by atoms with Crippen LogP contribution in [0.15, 0.2) is 18.2 Å². The molecule has 1 aromatic carbocycles. The molecule has 0 unspecified atom stereocenters. The number of benzene rings is 1. The van der Waals surface area contributed by atoms with Crippen molar-refractivity contribution in [2.45, 2.75) is 64.1 Å². The smallest absolute Gasteiger partial charge is 0.407 e. The lowest BCUT2D eigenvalue weighted by atomic mass is 9.91. The van der Waals surface area contributed by atoms with Crippen LogP contribution in [0.5, 0.6) is 5.75 Å². The Balaban J connectivity index is 1.82. The zero-order valence-corrected chi connectivity index (χ0v) is 15.0. The Hall–Kier alpha value is -2.11. The fourth-order valence-electron chi connectivity index (χ4n) is 2.86. The van der Waals surface area contributed by atoms with Crippen molar-refractivity contribution >= 4 is 17.5 Å². The zero-order chi connectivity index (χ0) is 17.7. The van der Waals surface area contributed by atoms with E-state index in [1.54, 1.807) is 7.11 Å². The number of methoxy groups -OCH3 is 1. The highest BCUT2D eigenvalue weighted by Gasteiger charge is 2.25. The van der Waals surface area contributed by atoms with E-state index in [4.69, 9.17) is 15.2 Å². The van der Waals surface area contributed by atoms with Crippen molar-refractivity contribution in [1.82, 2.24) is 5.32 Å². The number of hydrogen-bond donors (Lipinski definition) is 3. The molecule has 6 heteroatoms. The fourth-order valence-corrected chi connectivity index (χ4v) is 2.86. The van der Waals surface area contributed by atoms with Crippen LogP contribution in [0.4, 0.5) is 16.2 Å². The van der Waals surface area contributed by atoms with E-state index < -0.39 is 5.60 Å². The summed E-state index contributed by atoms with van der Waals surface area (Å²) < 4.78 is 10.6. The Morgan fingerprint density at radius 1 is 1.17 bits per heavy atom. The number of nitrogens with one attached hydrogen (secondary N) is 2. The summed E-state index contributed by atoms with van der Waals surface area (Å²) in [7, 11) is 1.64. The van der Waals surface area contributed by atoms with Crippen LogP contribution in [0.2, 0.25) is 0 Å². The van der Waals surface area contributed by atoms with Gasteiger partial charge in [-0.2, -0.15) is 0 Å². The van der Waals surface area contributed by atoms with Gasteiger partial charge in [0.05, 0.1) is 18.5 Å². The molecule has 2 rings (SSSR count). The Labute approximate surface area is 144 Å². The summed E-state index contributed by atoms with van der Waals surface area (Å²) in [4.78, 5) is 11.8. The van der Waals surface area contributed by atoms with E-state index in [9.17, 15) is 4.79 Å². The van der Waals surface area contributed by atoms with Gasteiger partial charge in [0.2, 0.25) is 0 Å². The first kappa shape index (κ1) is 18.2. The number of nitrogen functional groups attached to an aromatic ring is 1. The van der Waals surface area contributed by atoms with Gasteiger partial charge in [-0.05, 0) is 58.6 Å². The average molecular weight is 335 g/mol. The molecule has 0 heterocycles. The predicted molar refractivity (Wildman–Crippen MR) is 96.4 cm³/mol. The molecule has 4 N–H and O–H groups in total. The lowest BCUT2D eigenvalue weighted by Gasteiger charge is -2.31. The molecule has 1 amide bonds. The van der Waals surface area contributed by atoms with Gasteiger partial charge >= 0.3 is 6.09 Å². The first-order chi connectivity index (χ1) is 11.3. The van der Waals surface area contributed by atoms with Crippen molar-refractivity contribution in [2.24, 2.45) is 0 Å². The second kappa shape index (κ2) is 7.64. The van der Waals surface area contributed by atoms with Gasteiger partial charge < -0.3 is 25.8 Å². The Kier molecular flexibility index (Phi) is 5.80. The Morgan fingerprint density at radius 2 is 1.79 bits per heavy atom. The molecular formula is C18H29N3O3. The van der Waals surface area contributed by atoms with Gasteiger partial charge in [-0.25, -0.2) is 4.79 Å². The van der Waals surface area contributed by atoms with Crippen LogP contribution in [-0.4, -0.2) is 30.9 Å². The van der Waals surface area contributed by atoms with Gasteiger partial charge in [0, 0.05) is 18.2 Å². The van der Waals surface area contributed by atoms with Crippen molar-refractivity contribution in [3.63, 3.8) is 0 Å². The van der Waals surface area contributed by atoms with Gasteiger partial charge in [-0.15, -0.1) is 0 Å². The largest absolute Gasteiger partial charge is 0.497 e. The number of anilines is 2. The minimum Gasteiger partial charge on any atom is -0.497 e. The molecule has 1 aliphatic carbocycles. The fraction of sp³-hybridized carbons (Fsp3) is 0.611. The number of rotatable bonds is 4. The third kappa shape index (κ3) is 5.51. The van der Waals surface area contributed by atoms with Crippen LogP contribution in [-0.2, 0) is 4.74 Å². The first-order valence-electron chi connectivity index (χ1n) is 8.46. The summed E-state index contributed by atoms with van der Waals surface area (Å²) >= 11 is 0. The number of nitrogens with two attached hydrogens (primary N) is 1. The highest BCUT2D eigenvalue weighted by Crippen LogP contribution is 2.28. The molecule has 0 aliphatic heterocycles. The van der Waals surface area contributed by atoms with Crippen molar-refractivity contribution in [2.75, 3.05) is 18.2 Å². The highest BCUT2D eigenvalue weighted by molar-refractivity contribution is 5.69. The molecule has 1 aromatic rings. The van der Waals surface area contributed by atoms with Gasteiger partial charge in [0.15, 0.2) is 0 Å². The molecule has 0 spiro atoms. The van der Waals surface area contributed by atoms with E-state index in [2.05, 4.69) is 10.6 Å². The van der Waals surface area contributed by atoms with Crippen molar-refractivity contribution < 1.29 is 14.3 Å². The number of hydrogen-bond acceptors (Lipinski definition) is 5. The molecular weight excluding hydrogens is 306 g/mol. The van der Waals surface area contributed by atoms with Gasteiger partial charge in [0.25, 0.3) is 0 Å². The Bertz CT molecular complexity index is 561. The second-order valence-electron chi connectivity index (χ2n) is 7.29. The van der Waals surface area contributed by atoms with Crippen LogP contribution in [0.25, 0.3) is 0 Å². The lowest BCUT2D eigenvalue weighted by Crippen LogP contribution is -2.42. The lowest BCUT2D eigenvalue weighted by molar-refractivity contribution is 0.0492. The third-order valence-electron chi connectivity index (χ3n) is 4.07. The van der Waals surface area contributed by atoms with Crippen molar-refractivity contribution in [1.29, 1.82) is 0 Å². The quantitative estimate of drug-likeness (QED) is 0.733. The summed E-state index contributed by atoms with van der Waals surface area (Å²) in [5, 5.41) is 6.44. The molecule has 0 aromatic heterocycles. The van der Waals surface area contributed by atoms with Crippen molar-refractivity contribution in [3.05, 3.63) is 18.2 Å². The second-order valence-corrected chi connectivity index (χ2v) is 7.29. The molecule has 1 aliphatic rings. The van der Waals surface area contributed by atoms with Gasteiger partial charge in [-0.3, -0.25) is 0 Å². The molecule has 0 atom stereocenters. The molecule has 0 saturated heterocycles. The van der Waals surface area contributed by atoms with E-state index in [1.807, 2.05) is 39.0 Å². The van der Waals surface area contributed by atoms with Crippen molar-refractivity contribution in [3.8, 4) is 5.75 Å². The maximum atomic E-state index is 11.8. The topological polar surface area (TPSA) is 85.6 Å². The standard InChI is InChI=1S/C18H29N3O3/c1-18(2,3)24-17(22)21-13-7-5-12(6-8-13)20-16-11-14(23-4)9-10-15(16)19/h9-13,20H,5-8,19H2,1-4H3,(H,21,22). The van der Waals surface area contributed by atoms with Crippen LogP contribution < -0.4 is 21.1 Å². The third-order valence-corrected chi connectivity index (χ3v) is 4.07. The number of amides is 1. The summed E-state index contributed by atoms with van der Waals surface area (Å²) in [5.74, 6) is 0.784. The maximum absolute atomic E-state index is 11.8. The summed E-state index contributed by atoms with van der Waals surface area (Å²) in [6.07, 6.45) is 3.44. The summed E-state index contributed by atoms with van der Waals surface area (Å²) in [5.41, 5.74) is 7.17. The van der Waals surface area contributed by atoms with E-state index in [1.165, 1.54) is 0 Å². The molecule has 0 radical (unpaired) electrons. The van der Waals surface area contributed by atoms with Crippen LogP contribution in [0.1, 0.15) is 46.5 Å². The number of alkyl carbamates (subject to hydrolysis) is 1. The molecule has 1 saturated carbocycles. The molecule has 24 heavy (non-hydrogen) atoms. The first-order valence-corrected chi connectivity index (χ1v) is 8.46. The van der Waals surface area contributed by atoms with E-state index in [0.717, 1.165) is 37.1 Å². The zero-order valence-electron chi connectivity index (χ0n) is 15.0. The summed E-state index contributed by atoms with van der Waals surface area (Å²) in [6, 6.07) is 6.12. The maximum Gasteiger partial charge on any atom is 0.407 e. The molecule has 6 nitrogen and oxygen atoms in total. The number of carbonyl (C=O) groups is 1. The molecule has 134 valence electrons. The predicted octanol–water partition coefficient (Wildman–Crippen LogP) is 3.53. The minimum absolute atomic E-state index is 0.167. The van der Waals surface area contributed by atoms with E-state index >= 15 is 0 Å². The highest BCUT2D eigenvalue weighted by atomic mass is 16.6. The average Bonchev–Trinajstić information content (AvgIpc) is 2.49. The monoisotopic (exact) mass is 335 g/mol.